The van der Waals surface area contributed by atoms with Gasteiger partial charge < -0.3 is 10.6 Å². The maximum Gasteiger partial charge on any atom is 0.254 e. The summed E-state index contributed by atoms with van der Waals surface area (Å²) in [6, 6.07) is 11.8. The van der Waals surface area contributed by atoms with Crippen LogP contribution in [0.4, 0.5) is 0 Å². The zero-order chi connectivity index (χ0) is 18.4. The molecule has 1 aliphatic rings. The molecule has 0 saturated carbocycles. The van der Waals surface area contributed by atoms with Gasteiger partial charge in [-0.2, -0.15) is 5.10 Å². The zero-order valence-electron chi connectivity index (χ0n) is 14.4. The van der Waals surface area contributed by atoms with E-state index in [-0.39, 0.29) is 18.0 Å². The molecule has 3 aromatic rings. The number of rotatable bonds is 4. The first-order valence-corrected chi connectivity index (χ1v) is 8.29. The molecule has 2 amide bonds. The van der Waals surface area contributed by atoms with E-state index in [1.807, 2.05) is 37.3 Å². The van der Waals surface area contributed by atoms with Crippen molar-refractivity contribution in [2.75, 3.05) is 6.54 Å². The first-order chi connectivity index (χ1) is 12.5. The molecule has 2 heterocycles. The largest absolute Gasteiger partial charge is 0.366 e. The van der Waals surface area contributed by atoms with E-state index in [9.17, 15) is 9.59 Å². The van der Waals surface area contributed by atoms with Crippen LogP contribution < -0.4 is 5.73 Å². The van der Waals surface area contributed by atoms with E-state index in [0.717, 1.165) is 33.3 Å². The monoisotopic (exact) mass is 346 g/mol. The van der Waals surface area contributed by atoms with Gasteiger partial charge >= 0.3 is 0 Å². The minimum atomic E-state index is -0.588. The van der Waals surface area contributed by atoms with E-state index in [1.165, 1.54) is 0 Å². The number of primary amides is 1. The van der Waals surface area contributed by atoms with Gasteiger partial charge in [-0.25, -0.2) is 0 Å². The number of aryl methyl sites for hydroxylation is 1. The molecule has 0 spiro atoms. The molecular formula is C20H18N4O2. The lowest BCUT2D eigenvalue weighted by Gasteiger charge is -2.15. The average Bonchev–Trinajstić information content (AvgIpc) is 3.15. The van der Waals surface area contributed by atoms with Crippen LogP contribution in [-0.4, -0.2) is 33.5 Å². The van der Waals surface area contributed by atoms with Crippen molar-refractivity contribution in [3.05, 3.63) is 65.4 Å². The average molecular weight is 346 g/mol. The zero-order valence-corrected chi connectivity index (χ0v) is 14.4. The highest BCUT2D eigenvalue weighted by Gasteiger charge is 2.30. The fourth-order valence-electron chi connectivity index (χ4n) is 3.41. The lowest BCUT2D eigenvalue weighted by Crippen LogP contribution is -2.30. The Morgan fingerprint density at radius 2 is 2.08 bits per heavy atom. The van der Waals surface area contributed by atoms with Crippen molar-refractivity contribution in [3.8, 4) is 11.1 Å². The van der Waals surface area contributed by atoms with E-state index in [2.05, 4.69) is 22.8 Å². The Bertz CT molecular complexity index is 1080. The number of nitrogens with one attached hydrogen (secondary N) is 1. The normalized spacial score (nSPS) is 13.3. The van der Waals surface area contributed by atoms with Crippen molar-refractivity contribution in [1.82, 2.24) is 15.1 Å². The Labute approximate surface area is 150 Å². The summed E-state index contributed by atoms with van der Waals surface area (Å²) in [5, 5.41) is 8.29. The molecule has 0 fully saturated rings. The lowest BCUT2D eigenvalue weighted by molar-refractivity contribution is -0.114. The second kappa shape index (κ2) is 5.84. The van der Waals surface area contributed by atoms with Crippen LogP contribution in [0.3, 0.4) is 0 Å². The van der Waals surface area contributed by atoms with Crippen molar-refractivity contribution in [3.63, 3.8) is 0 Å². The molecule has 0 unspecified atom stereocenters. The number of carbonyl (C=O) groups excluding carboxylic acids is 2. The standard InChI is InChI=1S/C20H18N4O2/c1-11(19(21)25)9-24-10-17-14(4-3-5-15(17)20(24)26)13-6-7-18-16(8-13)12(2)22-23-18/h3-8H,1,9-10H2,2H3,(H2,21,25)(H,22,23). The van der Waals surface area contributed by atoms with Crippen LogP contribution in [0.15, 0.2) is 48.6 Å². The van der Waals surface area contributed by atoms with Gasteiger partial charge in [-0.05, 0) is 41.8 Å². The minimum Gasteiger partial charge on any atom is -0.366 e. The van der Waals surface area contributed by atoms with Gasteiger partial charge in [-0.1, -0.05) is 24.8 Å². The number of nitrogens with zero attached hydrogens (tertiary/aromatic N) is 2. The van der Waals surface area contributed by atoms with Crippen LogP contribution in [0, 0.1) is 6.92 Å². The molecular weight excluding hydrogens is 328 g/mol. The Hall–Kier alpha value is -3.41. The summed E-state index contributed by atoms with van der Waals surface area (Å²) in [7, 11) is 0. The van der Waals surface area contributed by atoms with Gasteiger partial charge in [0.25, 0.3) is 5.91 Å². The van der Waals surface area contributed by atoms with E-state index >= 15 is 0 Å². The molecule has 130 valence electrons. The van der Waals surface area contributed by atoms with Crippen LogP contribution in [-0.2, 0) is 11.3 Å². The molecule has 26 heavy (non-hydrogen) atoms. The summed E-state index contributed by atoms with van der Waals surface area (Å²) in [6.45, 7) is 6.18. The molecule has 3 N–H and O–H groups in total. The number of carbonyl (C=O) groups is 2. The molecule has 0 aliphatic carbocycles. The van der Waals surface area contributed by atoms with Crippen LogP contribution >= 0.6 is 0 Å². The number of hydrogen-bond donors (Lipinski definition) is 2. The number of benzene rings is 2. The summed E-state index contributed by atoms with van der Waals surface area (Å²) in [5.41, 5.74) is 11.0. The number of fused-ring (bicyclic) bond motifs is 2. The van der Waals surface area contributed by atoms with Gasteiger partial charge in [0.2, 0.25) is 5.91 Å². The third-order valence-electron chi connectivity index (χ3n) is 4.84. The van der Waals surface area contributed by atoms with Crippen LogP contribution in [0.2, 0.25) is 0 Å². The van der Waals surface area contributed by atoms with Crippen molar-refractivity contribution in [2.45, 2.75) is 13.5 Å². The van der Waals surface area contributed by atoms with Crippen LogP contribution in [0.1, 0.15) is 21.6 Å². The number of H-pyrrole nitrogens is 1. The van der Waals surface area contributed by atoms with E-state index < -0.39 is 5.91 Å². The number of hydrogen-bond acceptors (Lipinski definition) is 3. The quantitative estimate of drug-likeness (QED) is 0.711. The summed E-state index contributed by atoms with van der Waals surface area (Å²) in [4.78, 5) is 25.5. The second-order valence-corrected chi connectivity index (χ2v) is 6.53. The van der Waals surface area contributed by atoms with Crippen LogP contribution in [0.25, 0.3) is 22.0 Å². The molecule has 6 heteroatoms. The Balaban J connectivity index is 1.75. The van der Waals surface area contributed by atoms with E-state index in [4.69, 9.17) is 5.73 Å². The maximum atomic E-state index is 12.7. The summed E-state index contributed by atoms with van der Waals surface area (Å²) in [5.74, 6) is -0.695. The summed E-state index contributed by atoms with van der Waals surface area (Å²) in [6.07, 6.45) is 0. The summed E-state index contributed by atoms with van der Waals surface area (Å²) >= 11 is 0. The number of amides is 2. The Morgan fingerprint density at radius 3 is 2.85 bits per heavy atom. The van der Waals surface area contributed by atoms with Gasteiger partial charge in [0.05, 0.1) is 17.8 Å². The highest BCUT2D eigenvalue weighted by molar-refractivity contribution is 6.02. The van der Waals surface area contributed by atoms with Gasteiger partial charge in [0.1, 0.15) is 0 Å². The first-order valence-electron chi connectivity index (χ1n) is 8.29. The third-order valence-corrected chi connectivity index (χ3v) is 4.84. The van der Waals surface area contributed by atoms with Crippen molar-refractivity contribution in [1.29, 1.82) is 0 Å². The fourth-order valence-corrected chi connectivity index (χ4v) is 3.41. The molecule has 0 bridgehead atoms. The Kier molecular flexibility index (Phi) is 3.61. The molecule has 0 atom stereocenters. The highest BCUT2D eigenvalue weighted by Crippen LogP contribution is 2.34. The van der Waals surface area contributed by atoms with Gasteiger partial charge in [-0.15, -0.1) is 0 Å². The van der Waals surface area contributed by atoms with Crippen molar-refractivity contribution >= 4 is 22.7 Å². The van der Waals surface area contributed by atoms with E-state index in [1.54, 1.807) is 4.90 Å². The number of aromatic amines is 1. The molecule has 4 rings (SSSR count). The predicted molar refractivity (Wildman–Crippen MR) is 99.3 cm³/mol. The van der Waals surface area contributed by atoms with Gasteiger partial charge in [-0.3, -0.25) is 14.7 Å². The van der Waals surface area contributed by atoms with Crippen molar-refractivity contribution < 1.29 is 9.59 Å². The van der Waals surface area contributed by atoms with E-state index in [0.29, 0.717) is 12.1 Å². The van der Waals surface area contributed by atoms with Crippen molar-refractivity contribution in [2.24, 2.45) is 5.73 Å². The number of nitrogens with two attached hydrogens (primary N) is 1. The van der Waals surface area contributed by atoms with Gasteiger partial charge in [0, 0.05) is 23.1 Å². The maximum absolute atomic E-state index is 12.7. The second-order valence-electron chi connectivity index (χ2n) is 6.53. The Morgan fingerprint density at radius 1 is 1.31 bits per heavy atom. The first kappa shape index (κ1) is 16.1. The molecule has 1 aromatic heterocycles. The topological polar surface area (TPSA) is 92.1 Å². The smallest absolute Gasteiger partial charge is 0.254 e. The predicted octanol–water partition coefficient (Wildman–Crippen LogP) is 2.54. The SMILES string of the molecule is C=C(CN1Cc2c(cccc2-c2ccc3[nH]nc(C)c3c2)C1=O)C(N)=O. The molecule has 0 radical (unpaired) electrons. The molecule has 6 nitrogen and oxygen atoms in total. The fraction of sp³-hybridized carbons (Fsp3) is 0.150. The molecule has 0 saturated heterocycles. The lowest BCUT2D eigenvalue weighted by atomic mass is 9.96. The van der Waals surface area contributed by atoms with Gasteiger partial charge in [0.15, 0.2) is 0 Å². The minimum absolute atomic E-state index is 0.107. The summed E-state index contributed by atoms with van der Waals surface area (Å²) < 4.78 is 0. The highest BCUT2D eigenvalue weighted by atomic mass is 16.2. The van der Waals surface area contributed by atoms with Crippen LogP contribution in [0.5, 0.6) is 0 Å². The third kappa shape index (κ3) is 2.47. The molecule has 2 aromatic carbocycles. The molecule has 1 aliphatic heterocycles. The number of aromatic nitrogens is 2.